The second-order valence-corrected chi connectivity index (χ2v) is 5.75. The van der Waals surface area contributed by atoms with Crippen LogP contribution in [0.15, 0.2) is 17.2 Å². The smallest absolute Gasteiger partial charge is 0.283 e. The normalized spacial score (nSPS) is 10.8. The number of nitrogen functional groups attached to an aromatic ring is 1. The second kappa shape index (κ2) is 7.57. The van der Waals surface area contributed by atoms with E-state index in [4.69, 9.17) is 10.5 Å². The molecule has 0 aliphatic rings. The Hall–Kier alpha value is -3.21. The van der Waals surface area contributed by atoms with Gasteiger partial charge in [0.15, 0.2) is 16.6 Å². The molecule has 0 aliphatic carbocycles. The van der Waals surface area contributed by atoms with Gasteiger partial charge < -0.3 is 15.6 Å². The van der Waals surface area contributed by atoms with E-state index in [1.807, 2.05) is 6.92 Å². The number of nitro benzene ring substituents is 1. The summed E-state index contributed by atoms with van der Waals surface area (Å²) in [5, 5.41) is 24.9. The Kier molecular flexibility index (Phi) is 5.49. The summed E-state index contributed by atoms with van der Waals surface area (Å²) in [6, 6.07) is 2.19. The molecule has 0 unspecified atom stereocenters. The number of phenols is 1. The Labute approximate surface area is 146 Å². The van der Waals surface area contributed by atoms with E-state index in [9.17, 15) is 20.0 Å². The number of anilines is 1. The molecule has 1 aromatic carbocycles. The molecule has 0 radical (unpaired) electrons. The lowest BCUT2D eigenvalue weighted by Crippen LogP contribution is -2.17. The molecule has 11 heteroatoms. The molecule has 4 N–H and O–H groups in total. The zero-order chi connectivity index (χ0) is 18.6. The van der Waals surface area contributed by atoms with Crippen LogP contribution >= 0.6 is 11.3 Å². The monoisotopic (exact) mass is 365 g/mol. The third-order valence-corrected chi connectivity index (χ3v) is 4.07. The van der Waals surface area contributed by atoms with Gasteiger partial charge in [-0.25, -0.2) is 10.4 Å². The van der Waals surface area contributed by atoms with Gasteiger partial charge in [0.25, 0.3) is 11.6 Å². The number of nitrogens with zero attached hydrogens (tertiary/aromatic N) is 3. The lowest BCUT2D eigenvalue weighted by atomic mass is 10.2. The van der Waals surface area contributed by atoms with Gasteiger partial charge in [-0.15, -0.1) is 0 Å². The number of hydrogen-bond acceptors (Lipinski definition) is 9. The Morgan fingerprint density at radius 1 is 1.60 bits per heavy atom. The summed E-state index contributed by atoms with van der Waals surface area (Å²) in [6.07, 6.45) is 1.61. The number of nitro groups is 1. The SMILES string of the molecule is CCc1nc(N)sc1C(=O)N/N=C/c1cc([N+](=O)[O-])cc(OC)c1O. The zero-order valence-corrected chi connectivity index (χ0v) is 14.2. The number of phenolic OH excluding ortho intramolecular Hbond substituents is 1. The highest BCUT2D eigenvalue weighted by atomic mass is 32.1. The minimum absolute atomic E-state index is 0.0193. The van der Waals surface area contributed by atoms with Crippen molar-refractivity contribution < 1.29 is 19.6 Å². The van der Waals surface area contributed by atoms with Gasteiger partial charge in [0.1, 0.15) is 4.88 Å². The molecule has 0 saturated heterocycles. The molecule has 0 spiro atoms. The topological polar surface area (TPSA) is 153 Å². The Morgan fingerprint density at radius 2 is 2.32 bits per heavy atom. The summed E-state index contributed by atoms with van der Waals surface area (Å²) in [5.41, 5.74) is 8.14. The van der Waals surface area contributed by atoms with Crippen LogP contribution in [0, 0.1) is 10.1 Å². The second-order valence-electron chi connectivity index (χ2n) is 4.72. The summed E-state index contributed by atoms with van der Waals surface area (Å²) in [6.45, 7) is 1.84. The molecule has 10 nitrogen and oxygen atoms in total. The number of aromatic hydroxyl groups is 1. The first-order valence-electron chi connectivity index (χ1n) is 7.01. The van der Waals surface area contributed by atoms with Crippen molar-refractivity contribution in [2.45, 2.75) is 13.3 Å². The van der Waals surface area contributed by atoms with Crippen LogP contribution in [0.3, 0.4) is 0 Å². The predicted molar refractivity (Wildman–Crippen MR) is 92.3 cm³/mol. The van der Waals surface area contributed by atoms with Crippen LogP contribution in [0.5, 0.6) is 11.5 Å². The van der Waals surface area contributed by atoms with Gasteiger partial charge in [-0.3, -0.25) is 14.9 Å². The predicted octanol–water partition coefficient (Wildman–Crippen LogP) is 1.67. The number of nitrogens with one attached hydrogen (secondary N) is 1. The maximum absolute atomic E-state index is 12.1. The van der Waals surface area contributed by atoms with Crippen LogP contribution < -0.4 is 15.9 Å². The van der Waals surface area contributed by atoms with Crippen LogP contribution in [-0.2, 0) is 6.42 Å². The molecule has 1 heterocycles. The van der Waals surface area contributed by atoms with Crippen LogP contribution in [0.2, 0.25) is 0 Å². The molecule has 1 amide bonds. The van der Waals surface area contributed by atoms with Crippen molar-refractivity contribution in [1.29, 1.82) is 0 Å². The van der Waals surface area contributed by atoms with Crippen LogP contribution in [0.25, 0.3) is 0 Å². The third-order valence-electron chi connectivity index (χ3n) is 3.14. The van der Waals surface area contributed by atoms with Crippen molar-refractivity contribution >= 4 is 34.3 Å². The van der Waals surface area contributed by atoms with E-state index in [1.54, 1.807) is 0 Å². The van der Waals surface area contributed by atoms with E-state index in [0.717, 1.165) is 29.7 Å². The number of benzene rings is 1. The average molecular weight is 365 g/mol. The minimum Gasteiger partial charge on any atom is -0.504 e. The third kappa shape index (κ3) is 4.01. The summed E-state index contributed by atoms with van der Waals surface area (Å²) in [4.78, 5) is 26.7. The van der Waals surface area contributed by atoms with Gasteiger partial charge in [0.2, 0.25) is 0 Å². The molecule has 2 aromatic rings. The maximum atomic E-state index is 12.1. The minimum atomic E-state index is -0.633. The fourth-order valence-electron chi connectivity index (χ4n) is 1.97. The summed E-state index contributed by atoms with van der Waals surface area (Å²) in [7, 11) is 1.27. The van der Waals surface area contributed by atoms with Crippen molar-refractivity contribution in [2.75, 3.05) is 12.8 Å². The number of hydrazone groups is 1. The molecule has 1 aromatic heterocycles. The van der Waals surface area contributed by atoms with Gasteiger partial charge in [-0.1, -0.05) is 18.3 Å². The average Bonchev–Trinajstić information content (AvgIpc) is 2.97. The number of carbonyl (C=O) groups is 1. The molecule has 0 saturated carbocycles. The van der Waals surface area contributed by atoms with E-state index in [1.165, 1.54) is 7.11 Å². The lowest BCUT2D eigenvalue weighted by Gasteiger charge is -2.06. The molecule has 0 bridgehead atoms. The fourth-order valence-corrected chi connectivity index (χ4v) is 2.78. The number of nitrogens with two attached hydrogens (primary N) is 1. The Bertz CT molecular complexity index is 848. The highest BCUT2D eigenvalue weighted by Crippen LogP contribution is 2.33. The molecular weight excluding hydrogens is 350 g/mol. The van der Waals surface area contributed by atoms with Gasteiger partial charge in [-0.05, 0) is 6.42 Å². The molecule has 132 valence electrons. The van der Waals surface area contributed by atoms with Crippen molar-refractivity contribution in [2.24, 2.45) is 5.10 Å². The van der Waals surface area contributed by atoms with Gasteiger partial charge >= 0.3 is 0 Å². The number of amides is 1. The van der Waals surface area contributed by atoms with E-state index in [2.05, 4.69) is 15.5 Å². The molecule has 0 aliphatic heterocycles. The van der Waals surface area contributed by atoms with Crippen LogP contribution in [0.1, 0.15) is 27.9 Å². The number of rotatable bonds is 6. The highest BCUT2D eigenvalue weighted by molar-refractivity contribution is 7.17. The first-order valence-corrected chi connectivity index (χ1v) is 7.83. The number of carbonyl (C=O) groups excluding carboxylic acids is 1. The molecule has 25 heavy (non-hydrogen) atoms. The number of non-ortho nitro benzene ring substituents is 1. The van der Waals surface area contributed by atoms with E-state index in [-0.39, 0.29) is 27.9 Å². The first kappa shape index (κ1) is 18.1. The highest BCUT2D eigenvalue weighted by Gasteiger charge is 2.17. The molecular formula is C14H15N5O5S. The summed E-state index contributed by atoms with van der Waals surface area (Å²) in [5.74, 6) is -0.924. The van der Waals surface area contributed by atoms with E-state index < -0.39 is 10.8 Å². The zero-order valence-electron chi connectivity index (χ0n) is 13.3. The van der Waals surface area contributed by atoms with Crippen molar-refractivity contribution in [3.63, 3.8) is 0 Å². The number of methoxy groups -OCH3 is 1. The van der Waals surface area contributed by atoms with Gasteiger partial charge in [0.05, 0.1) is 30.0 Å². The number of aryl methyl sites for hydroxylation is 1. The van der Waals surface area contributed by atoms with Crippen molar-refractivity contribution in [3.8, 4) is 11.5 Å². The van der Waals surface area contributed by atoms with Crippen LogP contribution in [-0.4, -0.2) is 34.2 Å². The van der Waals surface area contributed by atoms with Gasteiger partial charge in [-0.2, -0.15) is 5.10 Å². The standard InChI is InChI=1S/C14H15N5O5S/c1-3-9-12(25-14(15)17-9)13(21)18-16-6-7-4-8(19(22)23)5-10(24-2)11(7)20/h4-6,20H,3H2,1-2H3,(H2,15,17)(H,18,21)/b16-6+. The number of thiazole rings is 1. The largest absolute Gasteiger partial charge is 0.504 e. The van der Waals surface area contributed by atoms with Gasteiger partial charge in [0, 0.05) is 11.6 Å². The number of hydrogen-bond donors (Lipinski definition) is 3. The fraction of sp³-hybridized carbons (Fsp3) is 0.214. The van der Waals surface area contributed by atoms with Crippen molar-refractivity contribution in [1.82, 2.24) is 10.4 Å². The lowest BCUT2D eigenvalue weighted by molar-refractivity contribution is -0.385. The quantitative estimate of drug-likeness (QED) is 0.400. The molecule has 0 atom stereocenters. The maximum Gasteiger partial charge on any atom is 0.283 e. The summed E-state index contributed by atoms with van der Waals surface area (Å²) >= 11 is 1.03. The molecule has 0 fully saturated rings. The van der Waals surface area contributed by atoms with E-state index in [0.29, 0.717) is 17.0 Å². The van der Waals surface area contributed by atoms with E-state index >= 15 is 0 Å². The first-order chi connectivity index (χ1) is 11.9. The number of aromatic nitrogens is 1. The van der Waals surface area contributed by atoms with Crippen LogP contribution in [0.4, 0.5) is 10.8 Å². The summed E-state index contributed by atoms with van der Waals surface area (Å²) < 4.78 is 4.88. The molecule has 2 rings (SSSR count). The Balaban J connectivity index is 2.23. The Morgan fingerprint density at radius 3 is 2.92 bits per heavy atom. The number of ether oxygens (including phenoxy) is 1. The van der Waals surface area contributed by atoms with Crippen molar-refractivity contribution in [3.05, 3.63) is 38.4 Å².